The molecule has 0 saturated heterocycles. The molecule has 1 heterocycles. The summed E-state index contributed by atoms with van der Waals surface area (Å²) in [5.41, 5.74) is 7.75. The van der Waals surface area contributed by atoms with E-state index in [-0.39, 0.29) is 0 Å². The van der Waals surface area contributed by atoms with Crippen molar-refractivity contribution in [3.8, 4) is 0 Å². The zero-order valence-corrected chi connectivity index (χ0v) is 10.2. The van der Waals surface area contributed by atoms with Crippen molar-refractivity contribution in [2.75, 3.05) is 6.54 Å². The van der Waals surface area contributed by atoms with Crippen LogP contribution in [0.25, 0.3) is 10.1 Å². The van der Waals surface area contributed by atoms with Crippen LogP contribution in [-0.4, -0.2) is 6.54 Å². The highest BCUT2D eigenvalue weighted by atomic mass is 32.1. The molecular formula is C14H17NS. The lowest BCUT2D eigenvalue weighted by atomic mass is 9.62. The highest BCUT2D eigenvalue weighted by molar-refractivity contribution is 7.17. The molecule has 1 saturated carbocycles. The topological polar surface area (TPSA) is 26.0 Å². The van der Waals surface area contributed by atoms with Crippen molar-refractivity contribution in [3.63, 3.8) is 0 Å². The molecule has 16 heavy (non-hydrogen) atoms. The van der Waals surface area contributed by atoms with Crippen LogP contribution in [-0.2, 0) is 5.41 Å². The third-order valence-electron chi connectivity index (χ3n) is 3.99. The Balaban J connectivity index is 2.10. The van der Waals surface area contributed by atoms with Gasteiger partial charge in [0.25, 0.3) is 0 Å². The Hall–Kier alpha value is -0.860. The van der Waals surface area contributed by atoms with Crippen LogP contribution in [0.15, 0.2) is 29.6 Å². The highest BCUT2D eigenvalue weighted by Gasteiger charge is 2.39. The fourth-order valence-corrected chi connectivity index (χ4v) is 4.01. The Kier molecular flexibility index (Phi) is 2.49. The standard InChI is InChI=1S/C14H17NS/c15-9-8-14(6-3-7-14)12-10-16-13-5-2-1-4-11(12)13/h1-2,4-5,10H,3,6-9,15H2. The molecular weight excluding hydrogens is 214 g/mol. The normalized spacial score (nSPS) is 18.6. The van der Waals surface area contributed by atoms with E-state index in [1.807, 2.05) is 11.3 Å². The van der Waals surface area contributed by atoms with Gasteiger partial charge in [-0.1, -0.05) is 24.6 Å². The number of rotatable bonds is 3. The van der Waals surface area contributed by atoms with Gasteiger partial charge < -0.3 is 5.73 Å². The van der Waals surface area contributed by atoms with E-state index in [4.69, 9.17) is 5.73 Å². The molecule has 1 fully saturated rings. The number of thiophene rings is 1. The van der Waals surface area contributed by atoms with Gasteiger partial charge in [-0.25, -0.2) is 0 Å². The number of nitrogens with two attached hydrogens (primary N) is 1. The van der Waals surface area contributed by atoms with E-state index < -0.39 is 0 Å². The van der Waals surface area contributed by atoms with Crippen LogP contribution in [0.2, 0.25) is 0 Å². The number of benzene rings is 1. The first-order valence-corrected chi connectivity index (χ1v) is 6.90. The second-order valence-electron chi connectivity index (χ2n) is 4.82. The third-order valence-corrected chi connectivity index (χ3v) is 4.95. The molecule has 0 bridgehead atoms. The van der Waals surface area contributed by atoms with Gasteiger partial charge in [-0.15, -0.1) is 11.3 Å². The molecule has 1 aliphatic carbocycles. The molecule has 1 aromatic heterocycles. The fraction of sp³-hybridized carbons (Fsp3) is 0.429. The second-order valence-corrected chi connectivity index (χ2v) is 5.73. The summed E-state index contributed by atoms with van der Waals surface area (Å²) in [4.78, 5) is 0. The van der Waals surface area contributed by atoms with E-state index in [2.05, 4.69) is 29.6 Å². The minimum atomic E-state index is 0.411. The van der Waals surface area contributed by atoms with Crippen molar-refractivity contribution in [1.29, 1.82) is 0 Å². The molecule has 2 aromatic rings. The van der Waals surface area contributed by atoms with Crippen molar-refractivity contribution in [1.82, 2.24) is 0 Å². The average Bonchev–Trinajstić information content (AvgIpc) is 2.68. The first-order chi connectivity index (χ1) is 7.86. The van der Waals surface area contributed by atoms with Crippen molar-refractivity contribution >= 4 is 21.4 Å². The second kappa shape index (κ2) is 3.86. The van der Waals surface area contributed by atoms with Gasteiger partial charge in [0.1, 0.15) is 0 Å². The lowest BCUT2D eigenvalue weighted by molar-refractivity contribution is 0.232. The summed E-state index contributed by atoms with van der Waals surface area (Å²) < 4.78 is 1.42. The number of hydrogen-bond donors (Lipinski definition) is 1. The van der Waals surface area contributed by atoms with E-state index in [0.717, 1.165) is 13.0 Å². The predicted octanol–water partition coefficient (Wildman–Crippen LogP) is 3.67. The Bertz CT molecular complexity index is 496. The molecule has 0 atom stereocenters. The lowest BCUT2D eigenvalue weighted by Crippen LogP contribution is -2.36. The van der Waals surface area contributed by atoms with E-state index in [1.165, 1.54) is 29.3 Å². The van der Waals surface area contributed by atoms with Gasteiger partial charge in [-0.2, -0.15) is 0 Å². The minimum absolute atomic E-state index is 0.411. The zero-order chi connectivity index (χ0) is 11.0. The molecule has 0 aliphatic heterocycles. The number of fused-ring (bicyclic) bond motifs is 1. The van der Waals surface area contributed by atoms with E-state index in [1.54, 1.807) is 5.56 Å². The van der Waals surface area contributed by atoms with Gasteiger partial charge in [0.2, 0.25) is 0 Å². The van der Waals surface area contributed by atoms with Gasteiger partial charge in [0.15, 0.2) is 0 Å². The van der Waals surface area contributed by atoms with Gasteiger partial charge in [0, 0.05) is 4.70 Å². The summed E-state index contributed by atoms with van der Waals surface area (Å²) in [6, 6.07) is 8.75. The first-order valence-electron chi connectivity index (χ1n) is 6.02. The highest BCUT2D eigenvalue weighted by Crippen LogP contribution is 2.49. The van der Waals surface area contributed by atoms with Crippen molar-refractivity contribution in [2.45, 2.75) is 31.1 Å². The summed E-state index contributed by atoms with van der Waals surface area (Å²) in [5, 5.41) is 3.82. The van der Waals surface area contributed by atoms with E-state index in [0.29, 0.717) is 5.41 Å². The smallest absolute Gasteiger partial charge is 0.0345 e. The maximum Gasteiger partial charge on any atom is 0.0345 e. The third kappa shape index (κ3) is 1.40. The van der Waals surface area contributed by atoms with Crippen LogP contribution < -0.4 is 5.73 Å². The van der Waals surface area contributed by atoms with Crippen molar-refractivity contribution < 1.29 is 0 Å². The van der Waals surface area contributed by atoms with E-state index in [9.17, 15) is 0 Å². The molecule has 0 amide bonds. The van der Waals surface area contributed by atoms with Gasteiger partial charge in [0.05, 0.1) is 0 Å². The summed E-state index contributed by atoms with van der Waals surface area (Å²) in [5.74, 6) is 0. The fourth-order valence-electron chi connectivity index (χ4n) is 2.92. The Morgan fingerprint density at radius 2 is 2.06 bits per heavy atom. The van der Waals surface area contributed by atoms with Crippen LogP contribution in [0.3, 0.4) is 0 Å². The van der Waals surface area contributed by atoms with Crippen LogP contribution in [0, 0.1) is 0 Å². The summed E-state index contributed by atoms with van der Waals surface area (Å²) in [7, 11) is 0. The minimum Gasteiger partial charge on any atom is -0.330 e. The molecule has 3 rings (SSSR count). The van der Waals surface area contributed by atoms with E-state index >= 15 is 0 Å². The Morgan fingerprint density at radius 1 is 1.25 bits per heavy atom. The quantitative estimate of drug-likeness (QED) is 0.857. The molecule has 0 radical (unpaired) electrons. The van der Waals surface area contributed by atoms with Crippen molar-refractivity contribution in [3.05, 3.63) is 35.2 Å². The van der Waals surface area contributed by atoms with Crippen LogP contribution in [0.4, 0.5) is 0 Å². The van der Waals surface area contributed by atoms with Crippen molar-refractivity contribution in [2.24, 2.45) is 5.73 Å². The lowest BCUT2D eigenvalue weighted by Gasteiger charge is -2.42. The molecule has 0 spiro atoms. The molecule has 0 unspecified atom stereocenters. The predicted molar refractivity (Wildman–Crippen MR) is 71.0 cm³/mol. The zero-order valence-electron chi connectivity index (χ0n) is 9.41. The van der Waals surface area contributed by atoms with Crippen LogP contribution in [0.5, 0.6) is 0 Å². The summed E-state index contributed by atoms with van der Waals surface area (Å²) in [6.45, 7) is 0.810. The monoisotopic (exact) mass is 231 g/mol. The van der Waals surface area contributed by atoms with Crippen LogP contribution in [0.1, 0.15) is 31.2 Å². The molecule has 2 heteroatoms. The van der Waals surface area contributed by atoms with Crippen LogP contribution >= 0.6 is 11.3 Å². The van der Waals surface area contributed by atoms with Gasteiger partial charge in [-0.3, -0.25) is 0 Å². The average molecular weight is 231 g/mol. The Labute approximate surface area is 100 Å². The van der Waals surface area contributed by atoms with Gasteiger partial charge in [-0.05, 0) is 53.6 Å². The maximum atomic E-state index is 5.78. The molecule has 2 N–H and O–H groups in total. The summed E-state index contributed by atoms with van der Waals surface area (Å²) >= 11 is 1.88. The van der Waals surface area contributed by atoms with Gasteiger partial charge >= 0.3 is 0 Å². The largest absolute Gasteiger partial charge is 0.330 e. The first kappa shape index (κ1) is 10.3. The SMILES string of the molecule is NCCC1(c2csc3ccccc23)CCC1. The summed E-state index contributed by atoms with van der Waals surface area (Å²) in [6.07, 6.45) is 5.16. The maximum absolute atomic E-state index is 5.78. The molecule has 1 aliphatic rings. The molecule has 84 valence electrons. The molecule has 1 aromatic carbocycles. The Morgan fingerprint density at radius 3 is 2.75 bits per heavy atom. The number of hydrogen-bond acceptors (Lipinski definition) is 2. The molecule has 1 nitrogen and oxygen atoms in total.